The van der Waals surface area contributed by atoms with Gasteiger partial charge in [-0.15, -0.1) is 0 Å². The van der Waals surface area contributed by atoms with Crippen LogP contribution in [-0.4, -0.2) is 67.3 Å². The third-order valence-electron chi connectivity index (χ3n) is 8.45. The molecule has 39 heavy (non-hydrogen) atoms. The SMILES string of the molecule is CCCc1cc(Cl)ccc1C1COc2ccc(cc2)CCC(=O)N(C)CC/C=C/C(O)C2CCC2CN(C)C1. The van der Waals surface area contributed by atoms with Crippen molar-refractivity contribution in [2.75, 3.05) is 40.3 Å². The lowest BCUT2D eigenvalue weighted by Gasteiger charge is -2.41. The van der Waals surface area contributed by atoms with E-state index in [2.05, 4.69) is 43.1 Å². The molecule has 5 rings (SSSR count). The zero-order chi connectivity index (χ0) is 27.8. The van der Waals surface area contributed by atoms with E-state index in [4.69, 9.17) is 16.3 Å². The highest BCUT2D eigenvalue weighted by molar-refractivity contribution is 6.30. The van der Waals surface area contributed by atoms with Crippen LogP contribution in [0.4, 0.5) is 0 Å². The number of hydrogen-bond acceptors (Lipinski definition) is 4. The van der Waals surface area contributed by atoms with Gasteiger partial charge in [-0.1, -0.05) is 55.3 Å². The number of rotatable bonds is 3. The minimum Gasteiger partial charge on any atom is -0.493 e. The van der Waals surface area contributed by atoms with Gasteiger partial charge < -0.3 is 19.6 Å². The van der Waals surface area contributed by atoms with Crippen LogP contribution in [0.15, 0.2) is 54.6 Å². The molecule has 0 aromatic heterocycles. The lowest BCUT2D eigenvalue weighted by molar-refractivity contribution is -0.129. The van der Waals surface area contributed by atoms with E-state index < -0.39 is 6.10 Å². The fourth-order valence-corrected chi connectivity index (χ4v) is 6.18. The second-order valence-corrected chi connectivity index (χ2v) is 11.9. The number of carbonyl (C=O) groups excluding carboxylic acids is 1. The molecule has 6 heteroatoms. The predicted octanol–water partition coefficient (Wildman–Crippen LogP) is 6.12. The molecule has 2 aliphatic heterocycles. The van der Waals surface area contributed by atoms with E-state index in [9.17, 15) is 9.90 Å². The van der Waals surface area contributed by atoms with Crippen molar-refractivity contribution in [3.63, 3.8) is 0 Å². The number of aryl methyl sites for hydroxylation is 2. The number of aliphatic hydroxyl groups excluding tert-OH is 1. The van der Waals surface area contributed by atoms with E-state index in [0.29, 0.717) is 31.9 Å². The highest BCUT2D eigenvalue weighted by Gasteiger charge is 2.36. The molecule has 0 saturated heterocycles. The van der Waals surface area contributed by atoms with Crippen LogP contribution in [0, 0.1) is 11.8 Å². The molecule has 2 aromatic carbocycles. The Morgan fingerprint density at radius 1 is 1.05 bits per heavy atom. The Morgan fingerprint density at radius 3 is 2.56 bits per heavy atom. The predicted molar refractivity (Wildman–Crippen MR) is 160 cm³/mol. The molecule has 0 spiro atoms. The first-order chi connectivity index (χ1) is 18.8. The van der Waals surface area contributed by atoms with Gasteiger partial charge in [0.2, 0.25) is 5.91 Å². The molecular formula is C33H45ClN2O3. The molecule has 1 fully saturated rings. The number of nitrogens with zero attached hydrogens (tertiary/aromatic N) is 2. The first-order valence-corrected chi connectivity index (χ1v) is 15.0. The van der Waals surface area contributed by atoms with E-state index in [1.807, 2.05) is 37.4 Å². The Kier molecular flexibility index (Phi) is 10.9. The van der Waals surface area contributed by atoms with Crippen molar-refractivity contribution in [1.82, 2.24) is 9.80 Å². The molecule has 3 aliphatic rings. The van der Waals surface area contributed by atoms with Crippen molar-refractivity contribution in [3.8, 4) is 5.75 Å². The van der Waals surface area contributed by atoms with Crippen LogP contribution in [0.25, 0.3) is 0 Å². The molecule has 4 atom stereocenters. The molecule has 1 aliphatic carbocycles. The summed E-state index contributed by atoms with van der Waals surface area (Å²) < 4.78 is 6.37. The number of hydrogen-bond donors (Lipinski definition) is 1. The molecule has 2 aromatic rings. The number of fused-ring (bicyclic) bond motifs is 14. The summed E-state index contributed by atoms with van der Waals surface area (Å²) in [6.45, 7) is 5.27. The van der Waals surface area contributed by atoms with Crippen LogP contribution in [0.2, 0.25) is 5.02 Å². The molecule has 0 radical (unpaired) electrons. The van der Waals surface area contributed by atoms with Crippen molar-refractivity contribution in [3.05, 3.63) is 76.3 Å². The largest absolute Gasteiger partial charge is 0.493 e. The van der Waals surface area contributed by atoms with Gasteiger partial charge in [0.15, 0.2) is 0 Å². The van der Waals surface area contributed by atoms with Crippen LogP contribution >= 0.6 is 11.6 Å². The summed E-state index contributed by atoms with van der Waals surface area (Å²) in [5, 5.41) is 11.7. The first kappa shape index (κ1) is 29.6. The average molecular weight is 553 g/mol. The summed E-state index contributed by atoms with van der Waals surface area (Å²) in [5.41, 5.74) is 3.73. The molecule has 4 unspecified atom stereocenters. The smallest absolute Gasteiger partial charge is 0.222 e. The maximum atomic E-state index is 12.6. The van der Waals surface area contributed by atoms with E-state index in [0.717, 1.165) is 61.5 Å². The van der Waals surface area contributed by atoms with E-state index in [1.54, 1.807) is 4.90 Å². The molecule has 5 nitrogen and oxygen atoms in total. The zero-order valence-corrected chi connectivity index (χ0v) is 24.6. The Labute approximate surface area is 239 Å². The molecule has 1 amide bonds. The zero-order valence-electron chi connectivity index (χ0n) is 23.8. The third kappa shape index (κ3) is 8.33. The number of benzene rings is 2. The highest BCUT2D eigenvalue weighted by atomic mass is 35.5. The monoisotopic (exact) mass is 552 g/mol. The van der Waals surface area contributed by atoms with Crippen molar-refractivity contribution >= 4 is 17.5 Å². The molecular weight excluding hydrogens is 508 g/mol. The van der Waals surface area contributed by atoms with Crippen molar-refractivity contribution < 1.29 is 14.6 Å². The second kappa shape index (κ2) is 14.3. The fourth-order valence-electron chi connectivity index (χ4n) is 5.98. The average Bonchev–Trinajstić information content (AvgIpc) is 2.90. The lowest BCUT2D eigenvalue weighted by atomic mass is 9.70. The summed E-state index contributed by atoms with van der Waals surface area (Å²) >= 11 is 6.39. The van der Waals surface area contributed by atoms with Gasteiger partial charge in [-0.05, 0) is 91.9 Å². The summed E-state index contributed by atoms with van der Waals surface area (Å²) in [4.78, 5) is 16.8. The van der Waals surface area contributed by atoms with Crippen LogP contribution in [0.3, 0.4) is 0 Å². The maximum Gasteiger partial charge on any atom is 0.222 e. The quantitative estimate of drug-likeness (QED) is 0.466. The normalized spacial score (nSPS) is 26.7. The molecule has 212 valence electrons. The van der Waals surface area contributed by atoms with Gasteiger partial charge in [-0.3, -0.25) is 4.79 Å². The van der Waals surface area contributed by atoms with E-state index in [1.165, 1.54) is 11.1 Å². The van der Waals surface area contributed by atoms with E-state index >= 15 is 0 Å². The van der Waals surface area contributed by atoms with Gasteiger partial charge in [0.25, 0.3) is 0 Å². The second-order valence-electron chi connectivity index (χ2n) is 11.5. The third-order valence-corrected chi connectivity index (χ3v) is 8.68. The first-order valence-electron chi connectivity index (χ1n) is 14.6. The van der Waals surface area contributed by atoms with E-state index in [-0.39, 0.29) is 17.7 Å². The van der Waals surface area contributed by atoms with Gasteiger partial charge in [0, 0.05) is 44.0 Å². The Balaban J connectivity index is 1.56. The number of halogens is 1. The van der Waals surface area contributed by atoms with Crippen LogP contribution in [-0.2, 0) is 17.6 Å². The Hall–Kier alpha value is -2.34. The summed E-state index contributed by atoms with van der Waals surface area (Å²) in [5.74, 6) is 1.95. The number of amides is 1. The molecule has 2 bridgehead atoms. The minimum absolute atomic E-state index is 0.144. The van der Waals surface area contributed by atoms with Crippen LogP contribution < -0.4 is 4.74 Å². The summed E-state index contributed by atoms with van der Waals surface area (Å²) in [6, 6.07) is 14.5. The van der Waals surface area contributed by atoms with Gasteiger partial charge in [0.1, 0.15) is 5.75 Å². The minimum atomic E-state index is -0.431. The lowest BCUT2D eigenvalue weighted by Crippen LogP contribution is -2.42. The fraction of sp³-hybridized carbons (Fsp3) is 0.545. The Bertz CT molecular complexity index is 1100. The number of aliphatic hydroxyl groups is 1. The van der Waals surface area contributed by atoms with Gasteiger partial charge in [-0.2, -0.15) is 0 Å². The van der Waals surface area contributed by atoms with Gasteiger partial charge >= 0.3 is 0 Å². The number of likely N-dealkylation sites (N-methyl/N-ethyl adjacent to an activating group) is 1. The van der Waals surface area contributed by atoms with Gasteiger partial charge in [0.05, 0.1) is 12.7 Å². The van der Waals surface area contributed by atoms with Crippen LogP contribution in [0.1, 0.15) is 61.6 Å². The standard InChI is InChI=1S/C33H45ClN2O3/c1-4-7-25-20-28(34)13-17-30(25)27-22-35(2)21-26-12-16-31(26)32(37)8-5-6-19-36(3)33(38)18-11-24-9-14-29(15-10-24)39-23-27/h5,8-10,13-15,17,20,26-27,31-32,37H,4,6-7,11-12,16,18-19,21-23H2,1-3H3/b8-5+. The summed E-state index contributed by atoms with van der Waals surface area (Å²) in [6.07, 6.45) is 9.75. The molecule has 2 heterocycles. The Morgan fingerprint density at radius 2 is 1.85 bits per heavy atom. The maximum absolute atomic E-state index is 12.6. The van der Waals surface area contributed by atoms with Crippen LogP contribution in [0.5, 0.6) is 5.75 Å². The molecule has 1 saturated carbocycles. The number of ether oxygens (including phenoxy) is 1. The summed E-state index contributed by atoms with van der Waals surface area (Å²) in [7, 11) is 4.05. The van der Waals surface area contributed by atoms with Crippen molar-refractivity contribution in [1.29, 1.82) is 0 Å². The highest BCUT2D eigenvalue weighted by Crippen LogP contribution is 2.38. The van der Waals surface area contributed by atoms with Crippen molar-refractivity contribution in [2.45, 2.75) is 63.9 Å². The van der Waals surface area contributed by atoms with Crippen molar-refractivity contribution in [2.24, 2.45) is 11.8 Å². The van der Waals surface area contributed by atoms with Gasteiger partial charge in [-0.25, -0.2) is 0 Å². The number of carbonyl (C=O) groups is 1. The molecule has 1 N–H and O–H groups in total. The topological polar surface area (TPSA) is 53.0 Å².